The van der Waals surface area contributed by atoms with Crippen molar-refractivity contribution in [2.75, 3.05) is 7.11 Å². The van der Waals surface area contributed by atoms with Crippen LogP contribution in [0.4, 0.5) is 0 Å². The Bertz CT molecular complexity index is 399. The number of fused-ring (bicyclic) bond motifs is 1. The van der Waals surface area contributed by atoms with Crippen molar-refractivity contribution in [2.24, 2.45) is 0 Å². The molecular formula is C13H17ClO2. The lowest BCUT2D eigenvalue weighted by atomic mass is 9.89. The molecule has 0 saturated carbocycles. The molecule has 0 bridgehead atoms. The van der Waals surface area contributed by atoms with Crippen molar-refractivity contribution in [1.82, 2.24) is 0 Å². The third kappa shape index (κ3) is 1.92. The fourth-order valence-corrected chi connectivity index (χ4v) is 2.78. The molecule has 0 heterocycles. The first-order valence-corrected chi connectivity index (χ1v) is 6.09. The molecule has 88 valence electrons. The van der Waals surface area contributed by atoms with Crippen LogP contribution in [-0.2, 0) is 12.8 Å². The molecular weight excluding hydrogens is 224 g/mol. The van der Waals surface area contributed by atoms with Crippen LogP contribution >= 0.6 is 11.6 Å². The van der Waals surface area contributed by atoms with E-state index in [2.05, 4.69) is 0 Å². The van der Waals surface area contributed by atoms with Gasteiger partial charge in [-0.3, -0.25) is 0 Å². The number of aliphatic hydroxyl groups excluding tert-OH is 1. The van der Waals surface area contributed by atoms with Crippen LogP contribution in [0.5, 0.6) is 5.75 Å². The summed E-state index contributed by atoms with van der Waals surface area (Å²) < 4.78 is 5.31. The highest BCUT2D eigenvalue weighted by Crippen LogP contribution is 2.40. The number of aliphatic hydroxyl groups is 1. The Labute approximate surface area is 101 Å². The smallest absolute Gasteiger partial charge is 0.143 e. The lowest BCUT2D eigenvalue weighted by molar-refractivity contribution is 0.194. The molecule has 0 radical (unpaired) electrons. The summed E-state index contributed by atoms with van der Waals surface area (Å²) in [6, 6.07) is 2.05. The molecule has 1 aromatic rings. The summed E-state index contributed by atoms with van der Waals surface area (Å²) in [4.78, 5) is 0. The highest BCUT2D eigenvalue weighted by molar-refractivity contribution is 6.33. The number of methoxy groups -OCH3 is 1. The zero-order valence-corrected chi connectivity index (χ0v) is 10.5. The predicted octanol–water partition coefficient (Wildman–Crippen LogP) is 3.28. The second-order valence-electron chi connectivity index (χ2n) is 4.33. The third-order valence-corrected chi connectivity index (χ3v) is 3.62. The van der Waals surface area contributed by atoms with E-state index in [9.17, 15) is 5.11 Å². The molecule has 2 rings (SSSR count). The number of halogens is 1. The van der Waals surface area contributed by atoms with Gasteiger partial charge in [0, 0.05) is 5.56 Å². The molecule has 0 aromatic heterocycles. The van der Waals surface area contributed by atoms with Crippen molar-refractivity contribution in [3.8, 4) is 5.75 Å². The monoisotopic (exact) mass is 240 g/mol. The van der Waals surface area contributed by atoms with Gasteiger partial charge in [0.15, 0.2) is 0 Å². The van der Waals surface area contributed by atoms with Crippen LogP contribution in [0.15, 0.2) is 6.07 Å². The lowest BCUT2D eigenvalue weighted by Gasteiger charge is -2.22. The first-order valence-electron chi connectivity index (χ1n) is 5.71. The Morgan fingerprint density at radius 3 is 2.69 bits per heavy atom. The summed E-state index contributed by atoms with van der Waals surface area (Å²) >= 11 is 6.34. The van der Waals surface area contributed by atoms with Gasteiger partial charge in [0.25, 0.3) is 0 Å². The average molecular weight is 241 g/mol. The van der Waals surface area contributed by atoms with Crippen LogP contribution in [0.2, 0.25) is 5.02 Å². The van der Waals surface area contributed by atoms with Gasteiger partial charge in [0.05, 0.1) is 18.2 Å². The van der Waals surface area contributed by atoms with Crippen molar-refractivity contribution in [1.29, 1.82) is 0 Å². The number of hydrogen-bond acceptors (Lipinski definition) is 2. The molecule has 1 aromatic carbocycles. The van der Waals surface area contributed by atoms with Gasteiger partial charge in [-0.15, -0.1) is 0 Å². The SMILES string of the molecule is COc1c(C(C)O)cc2c(c1Cl)CCCC2. The van der Waals surface area contributed by atoms with Gasteiger partial charge >= 0.3 is 0 Å². The molecule has 1 aliphatic rings. The summed E-state index contributed by atoms with van der Waals surface area (Å²) in [7, 11) is 1.60. The van der Waals surface area contributed by atoms with Crippen molar-refractivity contribution >= 4 is 11.6 Å². The van der Waals surface area contributed by atoms with Crippen molar-refractivity contribution in [3.05, 3.63) is 27.8 Å². The van der Waals surface area contributed by atoms with E-state index < -0.39 is 6.10 Å². The number of aryl methyl sites for hydroxylation is 1. The van der Waals surface area contributed by atoms with Gasteiger partial charge in [-0.1, -0.05) is 11.6 Å². The van der Waals surface area contributed by atoms with Gasteiger partial charge in [-0.2, -0.15) is 0 Å². The molecule has 3 heteroatoms. The maximum Gasteiger partial charge on any atom is 0.143 e. The van der Waals surface area contributed by atoms with E-state index in [1.165, 1.54) is 24.0 Å². The van der Waals surface area contributed by atoms with E-state index in [1.54, 1.807) is 14.0 Å². The predicted molar refractivity (Wildman–Crippen MR) is 65.3 cm³/mol. The summed E-state index contributed by atoms with van der Waals surface area (Å²) in [5, 5.41) is 10.4. The number of benzene rings is 1. The van der Waals surface area contributed by atoms with Crippen molar-refractivity contribution < 1.29 is 9.84 Å². The molecule has 0 spiro atoms. The number of rotatable bonds is 2. The maximum absolute atomic E-state index is 9.72. The van der Waals surface area contributed by atoms with Crippen LogP contribution in [0.1, 0.15) is 42.6 Å². The van der Waals surface area contributed by atoms with Crippen molar-refractivity contribution in [2.45, 2.75) is 38.7 Å². The van der Waals surface area contributed by atoms with E-state index in [0.29, 0.717) is 10.8 Å². The van der Waals surface area contributed by atoms with Gasteiger partial charge in [0.1, 0.15) is 5.75 Å². The van der Waals surface area contributed by atoms with E-state index in [1.807, 2.05) is 6.07 Å². The summed E-state index contributed by atoms with van der Waals surface area (Å²) in [5.74, 6) is 0.636. The van der Waals surface area contributed by atoms with Gasteiger partial charge in [-0.25, -0.2) is 0 Å². The summed E-state index contributed by atoms with van der Waals surface area (Å²) in [5.41, 5.74) is 3.27. The molecule has 0 aliphatic heterocycles. The van der Waals surface area contributed by atoms with Crippen LogP contribution in [0.3, 0.4) is 0 Å². The van der Waals surface area contributed by atoms with Crippen LogP contribution in [0.25, 0.3) is 0 Å². The number of hydrogen-bond donors (Lipinski definition) is 1. The molecule has 1 aliphatic carbocycles. The van der Waals surface area contributed by atoms with Gasteiger partial charge < -0.3 is 9.84 Å². The standard InChI is InChI=1S/C13H17ClO2/c1-8(15)11-7-9-5-3-4-6-10(9)12(14)13(11)16-2/h7-8,15H,3-6H2,1-2H3. The molecule has 0 fully saturated rings. The Balaban J connectivity index is 2.59. The van der Waals surface area contributed by atoms with Crippen molar-refractivity contribution in [3.63, 3.8) is 0 Å². The Morgan fingerprint density at radius 1 is 1.38 bits per heavy atom. The van der Waals surface area contributed by atoms with Gasteiger partial charge in [0.2, 0.25) is 0 Å². The molecule has 1 N–H and O–H groups in total. The fourth-order valence-electron chi connectivity index (χ4n) is 2.37. The Kier molecular flexibility index (Phi) is 3.41. The third-order valence-electron chi connectivity index (χ3n) is 3.22. The minimum atomic E-state index is -0.542. The highest BCUT2D eigenvalue weighted by atomic mass is 35.5. The lowest BCUT2D eigenvalue weighted by Crippen LogP contribution is -2.08. The molecule has 1 unspecified atom stereocenters. The van der Waals surface area contributed by atoms with Crippen LogP contribution in [-0.4, -0.2) is 12.2 Å². The molecule has 2 nitrogen and oxygen atoms in total. The first kappa shape index (κ1) is 11.7. The van der Waals surface area contributed by atoms with Gasteiger partial charge in [-0.05, 0) is 49.8 Å². The van der Waals surface area contributed by atoms with E-state index in [-0.39, 0.29) is 0 Å². The van der Waals surface area contributed by atoms with E-state index in [4.69, 9.17) is 16.3 Å². The Morgan fingerprint density at radius 2 is 2.06 bits per heavy atom. The van der Waals surface area contributed by atoms with E-state index in [0.717, 1.165) is 18.4 Å². The molecule has 16 heavy (non-hydrogen) atoms. The second kappa shape index (κ2) is 4.64. The zero-order valence-electron chi connectivity index (χ0n) is 9.72. The normalized spacial score (nSPS) is 16.8. The molecule has 0 saturated heterocycles. The maximum atomic E-state index is 9.72. The quantitative estimate of drug-likeness (QED) is 0.860. The first-order chi connectivity index (χ1) is 7.65. The zero-order chi connectivity index (χ0) is 11.7. The second-order valence-corrected chi connectivity index (χ2v) is 4.71. The van der Waals surface area contributed by atoms with Crippen LogP contribution < -0.4 is 4.74 Å². The fraction of sp³-hybridized carbons (Fsp3) is 0.538. The van der Waals surface area contributed by atoms with E-state index >= 15 is 0 Å². The summed E-state index contributed by atoms with van der Waals surface area (Å²) in [6.45, 7) is 1.74. The molecule has 0 amide bonds. The topological polar surface area (TPSA) is 29.5 Å². The minimum absolute atomic E-state index is 0.542. The summed E-state index contributed by atoms with van der Waals surface area (Å²) in [6.07, 6.45) is 3.92. The minimum Gasteiger partial charge on any atom is -0.495 e. The van der Waals surface area contributed by atoms with Crippen LogP contribution in [0, 0.1) is 0 Å². The highest BCUT2D eigenvalue weighted by Gasteiger charge is 2.21. The average Bonchev–Trinajstić information content (AvgIpc) is 2.29. The largest absolute Gasteiger partial charge is 0.495 e. The molecule has 1 atom stereocenters. The Hall–Kier alpha value is -0.730. The number of ether oxygens (including phenoxy) is 1.